The zero-order chi connectivity index (χ0) is 10.6. The minimum atomic E-state index is 0.0442. The lowest BCUT2D eigenvalue weighted by atomic mass is 10.1. The molecule has 0 unspecified atom stereocenters. The van der Waals surface area contributed by atoms with Crippen LogP contribution in [0.3, 0.4) is 0 Å². The molecule has 0 fully saturated rings. The molecule has 0 heterocycles. The average molecular weight is 193 g/mol. The van der Waals surface area contributed by atoms with Gasteiger partial charge in [0.15, 0.2) is 5.78 Å². The Morgan fingerprint density at radius 1 is 1.50 bits per heavy atom. The van der Waals surface area contributed by atoms with Crippen molar-refractivity contribution in [1.29, 1.82) is 0 Å². The maximum atomic E-state index is 11.1. The van der Waals surface area contributed by atoms with Gasteiger partial charge in [-0.1, -0.05) is 0 Å². The van der Waals surface area contributed by atoms with Crippen molar-refractivity contribution in [2.45, 2.75) is 20.4 Å². The number of hydrogen-bond acceptors (Lipinski definition) is 3. The molecule has 0 saturated heterocycles. The number of ketones is 1. The van der Waals surface area contributed by atoms with Gasteiger partial charge in [-0.25, -0.2) is 0 Å². The molecule has 3 nitrogen and oxygen atoms in total. The van der Waals surface area contributed by atoms with Crippen molar-refractivity contribution in [3.63, 3.8) is 0 Å². The summed E-state index contributed by atoms with van der Waals surface area (Å²) in [5.41, 5.74) is 7.11. The van der Waals surface area contributed by atoms with Crippen molar-refractivity contribution >= 4 is 5.78 Å². The van der Waals surface area contributed by atoms with Crippen LogP contribution in [-0.4, -0.2) is 12.4 Å². The van der Waals surface area contributed by atoms with Gasteiger partial charge in [0.1, 0.15) is 5.75 Å². The minimum absolute atomic E-state index is 0.0442. The highest BCUT2D eigenvalue weighted by Crippen LogP contribution is 2.19. The van der Waals surface area contributed by atoms with Gasteiger partial charge in [0.25, 0.3) is 0 Å². The first-order chi connectivity index (χ1) is 6.69. The standard InChI is InChI=1S/C11H15NO2/c1-3-14-11-5-4-9(8(2)13)6-10(11)7-12/h4-6H,3,7,12H2,1-2H3. The van der Waals surface area contributed by atoms with E-state index in [1.165, 1.54) is 6.92 Å². The quantitative estimate of drug-likeness (QED) is 0.741. The Balaban J connectivity index is 3.04. The number of carbonyl (C=O) groups is 1. The number of carbonyl (C=O) groups excluding carboxylic acids is 1. The van der Waals surface area contributed by atoms with Gasteiger partial charge in [-0.2, -0.15) is 0 Å². The number of ether oxygens (including phenoxy) is 1. The third-order valence-corrected chi connectivity index (χ3v) is 1.99. The van der Waals surface area contributed by atoms with E-state index in [1.807, 2.05) is 6.92 Å². The molecule has 0 spiro atoms. The fraction of sp³-hybridized carbons (Fsp3) is 0.364. The van der Waals surface area contributed by atoms with Crippen LogP contribution in [0.5, 0.6) is 5.75 Å². The Hall–Kier alpha value is -1.35. The largest absolute Gasteiger partial charge is 0.494 e. The van der Waals surface area contributed by atoms with Crippen LogP contribution in [0.4, 0.5) is 0 Å². The van der Waals surface area contributed by atoms with Crippen molar-refractivity contribution in [1.82, 2.24) is 0 Å². The lowest BCUT2D eigenvalue weighted by Gasteiger charge is -2.09. The summed E-state index contributed by atoms with van der Waals surface area (Å²) in [4.78, 5) is 11.1. The van der Waals surface area contributed by atoms with Gasteiger partial charge < -0.3 is 10.5 Å². The first-order valence-electron chi connectivity index (χ1n) is 4.65. The van der Waals surface area contributed by atoms with E-state index in [0.717, 1.165) is 11.3 Å². The minimum Gasteiger partial charge on any atom is -0.494 e. The number of hydrogen-bond donors (Lipinski definition) is 1. The lowest BCUT2D eigenvalue weighted by Crippen LogP contribution is -2.04. The van der Waals surface area contributed by atoms with Crippen LogP contribution in [0.15, 0.2) is 18.2 Å². The molecular weight excluding hydrogens is 178 g/mol. The van der Waals surface area contributed by atoms with Gasteiger partial charge in [0, 0.05) is 17.7 Å². The van der Waals surface area contributed by atoms with Crippen molar-refractivity contribution < 1.29 is 9.53 Å². The van der Waals surface area contributed by atoms with E-state index in [2.05, 4.69) is 0 Å². The second-order valence-corrected chi connectivity index (χ2v) is 3.02. The molecule has 0 aliphatic carbocycles. The molecule has 0 aliphatic rings. The van der Waals surface area contributed by atoms with Gasteiger partial charge in [0.2, 0.25) is 0 Å². The lowest BCUT2D eigenvalue weighted by molar-refractivity contribution is 0.101. The predicted octanol–water partition coefficient (Wildman–Crippen LogP) is 1.75. The van der Waals surface area contributed by atoms with Crippen LogP contribution in [-0.2, 0) is 6.54 Å². The summed E-state index contributed by atoms with van der Waals surface area (Å²) in [6, 6.07) is 5.34. The van der Waals surface area contributed by atoms with E-state index in [0.29, 0.717) is 18.7 Å². The van der Waals surface area contributed by atoms with Gasteiger partial charge in [0.05, 0.1) is 6.61 Å². The molecule has 1 rings (SSSR count). The summed E-state index contributed by atoms with van der Waals surface area (Å²) >= 11 is 0. The molecule has 0 aromatic heterocycles. The van der Waals surface area contributed by atoms with Gasteiger partial charge in [-0.15, -0.1) is 0 Å². The molecule has 0 aliphatic heterocycles. The van der Waals surface area contributed by atoms with E-state index in [1.54, 1.807) is 18.2 Å². The number of rotatable bonds is 4. The summed E-state index contributed by atoms with van der Waals surface area (Å²) in [5, 5.41) is 0. The zero-order valence-corrected chi connectivity index (χ0v) is 8.54. The van der Waals surface area contributed by atoms with E-state index in [-0.39, 0.29) is 5.78 Å². The van der Waals surface area contributed by atoms with E-state index < -0.39 is 0 Å². The van der Waals surface area contributed by atoms with Gasteiger partial charge >= 0.3 is 0 Å². The third kappa shape index (κ3) is 2.33. The van der Waals surface area contributed by atoms with Crippen LogP contribution < -0.4 is 10.5 Å². The van der Waals surface area contributed by atoms with Gasteiger partial charge in [-0.3, -0.25) is 4.79 Å². The zero-order valence-electron chi connectivity index (χ0n) is 8.54. The Bertz CT molecular complexity index is 334. The van der Waals surface area contributed by atoms with Crippen molar-refractivity contribution in [3.05, 3.63) is 29.3 Å². The molecule has 1 aromatic rings. The highest BCUT2D eigenvalue weighted by molar-refractivity contribution is 5.94. The second-order valence-electron chi connectivity index (χ2n) is 3.02. The summed E-state index contributed by atoms with van der Waals surface area (Å²) in [6.07, 6.45) is 0. The molecule has 14 heavy (non-hydrogen) atoms. The molecular formula is C11H15NO2. The maximum absolute atomic E-state index is 11.1. The van der Waals surface area contributed by atoms with Crippen molar-refractivity contribution in [2.24, 2.45) is 5.73 Å². The van der Waals surface area contributed by atoms with E-state index >= 15 is 0 Å². The predicted molar refractivity (Wildman–Crippen MR) is 55.5 cm³/mol. The van der Waals surface area contributed by atoms with Crippen molar-refractivity contribution in [3.8, 4) is 5.75 Å². The molecule has 0 saturated carbocycles. The fourth-order valence-electron chi connectivity index (χ4n) is 1.25. The topological polar surface area (TPSA) is 52.3 Å². The first-order valence-corrected chi connectivity index (χ1v) is 4.65. The Morgan fingerprint density at radius 2 is 2.21 bits per heavy atom. The number of nitrogens with two attached hydrogens (primary N) is 1. The monoisotopic (exact) mass is 193 g/mol. The second kappa shape index (κ2) is 4.77. The molecule has 0 amide bonds. The molecule has 2 N–H and O–H groups in total. The number of benzene rings is 1. The smallest absolute Gasteiger partial charge is 0.159 e. The SMILES string of the molecule is CCOc1ccc(C(C)=O)cc1CN. The molecule has 1 aromatic carbocycles. The molecule has 0 radical (unpaired) electrons. The fourth-order valence-corrected chi connectivity index (χ4v) is 1.25. The van der Waals surface area contributed by atoms with Crippen molar-refractivity contribution in [2.75, 3.05) is 6.61 Å². The number of Topliss-reactive ketones (excluding diaryl/α,β-unsaturated/α-hetero) is 1. The summed E-state index contributed by atoms with van der Waals surface area (Å²) < 4.78 is 5.37. The van der Waals surface area contributed by atoms with Gasteiger partial charge in [-0.05, 0) is 32.0 Å². The first kappa shape index (κ1) is 10.7. The highest BCUT2D eigenvalue weighted by Gasteiger charge is 2.05. The Morgan fingerprint density at radius 3 is 2.71 bits per heavy atom. The van der Waals surface area contributed by atoms with Crippen LogP contribution in [0.1, 0.15) is 29.8 Å². The van der Waals surface area contributed by atoms with E-state index in [4.69, 9.17) is 10.5 Å². The van der Waals surface area contributed by atoms with Crippen LogP contribution in [0.25, 0.3) is 0 Å². The summed E-state index contributed by atoms with van der Waals surface area (Å²) in [7, 11) is 0. The normalized spacial score (nSPS) is 9.93. The molecule has 76 valence electrons. The Kier molecular flexibility index (Phi) is 3.65. The summed E-state index contributed by atoms with van der Waals surface area (Å²) in [6.45, 7) is 4.44. The third-order valence-electron chi connectivity index (χ3n) is 1.99. The van der Waals surface area contributed by atoms with Crippen LogP contribution in [0.2, 0.25) is 0 Å². The Labute approximate surface area is 83.9 Å². The molecule has 3 heteroatoms. The molecule has 0 bridgehead atoms. The highest BCUT2D eigenvalue weighted by atomic mass is 16.5. The van der Waals surface area contributed by atoms with Crippen LogP contribution in [0, 0.1) is 0 Å². The summed E-state index contributed by atoms with van der Waals surface area (Å²) in [5.74, 6) is 0.808. The van der Waals surface area contributed by atoms with Crippen LogP contribution >= 0.6 is 0 Å². The van der Waals surface area contributed by atoms with E-state index in [9.17, 15) is 4.79 Å². The maximum Gasteiger partial charge on any atom is 0.159 e. The molecule has 0 atom stereocenters. The average Bonchev–Trinajstić information content (AvgIpc) is 2.18.